The van der Waals surface area contributed by atoms with E-state index in [-0.39, 0.29) is 22.3 Å². The summed E-state index contributed by atoms with van der Waals surface area (Å²) in [7, 11) is 0. The second kappa shape index (κ2) is 9.61. The van der Waals surface area contributed by atoms with Gasteiger partial charge in [-0.05, 0) is 160 Å². The molecule has 6 heteroatoms. The second-order valence-electron chi connectivity index (χ2n) is 15.8. The van der Waals surface area contributed by atoms with Gasteiger partial charge in [0.25, 0.3) is 0 Å². The van der Waals surface area contributed by atoms with Gasteiger partial charge in [0, 0.05) is 34.6 Å². The van der Waals surface area contributed by atoms with E-state index in [4.69, 9.17) is 20.9 Å². The van der Waals surface area contributed by atoms with Gasteiger partial charge in [-0.15, -0.1) is 0 Å². The Bertz CT molecular complexity index is 1460. The van der Waals surface area contributed by atoms with E-state index in [0.29, 0.717) is 46.9 Å². The first-order chi connectivity index (χ1) is 21.2. The SMILES string of the molecule is Nc1ccc(F)c(Oc2cc(C34CC5CC(CC(C5)C3)C4)c(Oc3cc(N)ccc3F)cc2C23CC4CC(CC(C4)C2)C3)c1. The molecule has 0 radical (unpaired) electrons. The first-order valence-corrected chi connectivity index (χ1v) is 16.9. The van der Waals surface area contributed by atoms with Crippen molar-refractivity contribution in [3.8, 4) is 23.0 Å². The molecule has 8 fully saturated rings. The quantitative estimate of drug-likeness (QED) is 0.278. The third-order valence-electron chi connectivity index (χ3n) is 12.7. The molecule has 8 aliphatic rings. The highest BCUT2D eigenvalue weighted by Crippen LogP contribution is 2.65. The largest absolute Gasteiger partial charge is 0.454 e. The van der Waals surface area contributed by atoms with Crippen LogP contribution in [0, 0.1) is 47.1 Å². The summed E-state index contributed by atoms with van der Waals surface area (Å²) in [6.45, 7) is 0. The lowest BCUT2D eigenvalue weighted by atomic mass is 9.47. The molecule has 0 heterocycles. The molecule has 230 valence electrons. The Balaban J connectivity index is 1.25. The topological polar surface area (TPSA) is 70.5 Å². The standard InChI is InChI=1S/C38H42F2N2O2/c39-31-3-1-27(41)11-35(31)43-33-13-30(38-18-24-8-25(19-38)10-26(9-24)20-38)34(44-36-12-28(42)2-4-32(36)40)14-29(33)37-15-21-5-22(16-37)7-23(6-21)17-37/h1-4,11-14,21-26H,5-10,15-20,41-42H2. The lowest BCUT2D eigenvalue weighted by Gasteiger charge is -2.58. The zero-order valence-electron chi connectivity index (χ0n) is 25.3. The molecular formula is C38H42F2N2O2. The highest BCUT2D eigenvalue weighted by molar-refractivity contribution is 5.58. The van der Waals surface area contributed by atoms with Gasteiger partial charge in [-0.25, -0.2) is 8.78 Å². The van der Waals surface area contributed by atoms with Crippen LogP contribution in [0.25, 0.3) is 0 Å². The van der Waals surface area contributed by atoms with Gasteiger partial charge in [-0.1, -0.05) is 0 Å². The number of ether oxygens (including phenoxy) is 2. The van der Waals surface area contributed by atoms with Crippen LogP contribution in [0.5, 0.6) is 23.0 Å². The molecule has 8 bridgehead atoms. The Morgan fingerprint density at radius 2 is 0.795 bits per heavy atom. The monoisotopic (exact) mass is 596 g/mol. The summed E-state index contributed by atoms with van der Waals surface area (Å²) in [5.74, 6) is 5.15. The molecule has 4 N–H and O–H groups in total. The van der Waals surface area contributed by atoms with Crippen LogP contribution in [-0.2, 0) is 10.8 Å². The molecule has 3 aromatic rings. The average Bonchev–Trinajstić information content (AvgIpc) is 2.96. The summed E-state index contributed by atoms with van der Waals surface area (Å²) in [5.41, 5.74) is 15.2. The van der Waals surface area contributed by atoms with Crippen molar-refractivity contribution >= 4 is 11.4 Å². The minimum atomic E-state index is -0.422. The fraction of sp³-hybridized carbons (Fsp3) is 0.526. The molecule has 0 amide bonds. The summed E-state index contributed by atoms with van der Waals surface area (Å²) in [6.07, 6.45) is 14.5. The van der Waals surface area contributed by atoms with Crippen molar-refractivity contribution < 1.29 is 18.3 Å². The molecule has 0 aromatic heterocycles. The van der Waals surface area contributed by atoms with Crippen molar-refractivity contribution in [3.05, 3.63) is 71.3 Å². The predicted molar refractivity (Wildman–Crippen MR) is 168 cm³/mol. The summed E-state index contributed by atoms with van der Waals surface area (Å²) >= 11 is 0. The molecule has 0 atom stereocenters. The Kier molecular flexibility index (Phi) is 5.91. The van der Waals surface area contributed by atoms with Gasteiger partial charge >= 0.3 is 0 Å². The lowest BCUT2D eigenvalue weighted by Crippen LogP contribution is -2.49. The van der Waals surface area contributed by atoms with Crippen LogP contribution in [0.3, 0.4) is 0 Å². The smallest absolute Gasteiger partial charge is 0.165 e. The van der Waals surface area contributed by atoms with E-state index in [1.54, 1.807) is 24.3 Å². The maximum absolute atomic E-state index is 15.3. The van der Waals surface area contributed by atoms with E-state index in [1.165, 1.54) is 50.7 Å². The van der Waals surface area contributed by atoms with E-state index >= 15 is 8.78 Å². The summed E-state index contributed by atoms with van der Waals surface area (Å²) < 4.78 is 43.8. The molecule has 8 saturated carbocycles. The number of hydrogen-bond acceptors (Lipinski definition) is 4. The number of halogens is 2. The molecule has 0 saturated heterocycles. The van der Waals surface area contributed by atoms with Crippen molar-refractivity contribution in [1.82, 2.24) is 0 Å². The minimum absolute atomic E-state index is 0.0622. The number of anilines is 2. The second-order valence-corrected chi connectivity index (χ2v) is 15.8. The predicted octanol–water partition coefficient (Wildman–Crippen LogP) is 9.65. The molecule has 8 aliphatic carbocycles. The first-order valence-electron chi connectivity index (χ1n) is 16.9. The molecule has 0 unspecified atom stereocenters. The number of benzene rings is 3. The first kappa shape index (κ1) is 27.1. The van der Waals surface area contributed by atoms with Gasteiger partial charge < -0.3 is 20.9 Å². The van der Waals surface area contributed by atoms with Gasteiger partial charge in [0.15, 0.2) is 23.1 Å². The number of hydrogen-bond donors (Lipinski definition) is 2. The summed E-state index contributed by atoms with van der Waals surface area (Å²) in [6, 6.07) is 13.5. The van der Waals surface area contributed by atoms with E-state index in [2.05, 4.69) is 12.1 Å². The van der Waals surface area contributed by atoms with Gasteiger partial charge in [0.05, 0.1) is 0 Å². The molecular weight excluding hydrogens is 554 g/mol. The summed E-state index contributed by atoms with van der Waals surface area (Å²) in [4.78, 5) is 0. The lowest BCUT2D eigenvalue weighted by molar-refractivity contribution is -0.00827. The third-order valence-corrected chi connectivity index (χ3v) is 12.7. The van der Waals surface area contributed by atoms with Gasteiger partial charge in [0.1, 0.15) is 11.5 Å². The maximum Gasteiger partial charge on any atom is 0.165 e. The van der Waals surface area contributed by atoms with E-state index < -0.39 is 11.6 Å². The Morgan fingerprint density at radius 3 is 1.11 bits per heavy atom. The van der Waals surface area contributed by atoms with Crippen LogP contribution < -0.4 is 20.9 Å². The Labute approximate surface area is 258 Å². The van der Waals surface area contributed by atoms with E-state index in [1.807, 2.05) is 0 Å². The summed E-state index contributed by atoms with van der Waals surface area (Å²) in [5, 5.41) is 0. The number of nitrogen functional groups attached to an aromatic ring is 2. The van der Waals surface area contributed by atoms with Gasteiger partial charge in [0.2, 0.25) is 0 Å². The zero-order valence-corrected chi connectivity index (χ0v) is 25.3. The van der Waals surface area contributed by atoms with Crippen molar-refractivity contribution in [1.29, 1.82) is 0 Å². The Hall–Kier alpha value is -3.28. The van der Waals surface area contributed by atoms with Crippen LogP contribution in [-0.4, -0.2) is 0 Å². The van der Waals surface area contributed by atoms with Crippen molar-refractivity contribution in [2.75, 3.05) is 11.5 Å². The van der Waals surface area contributed by atoms with Crippen LogP contribution in [0.15, 0.2) is 48.5 Å². The van der Waals surface area contributed by atoms with Gasteiger partial charge in [-0.2, -0.15) is 0 Å². The zero-order chi connectivity index (χ0) is 29.8. The molecule has 0 spiro atoms. The molecule has 0 aliphatic heterocycles. The highest BCUT2D eigenvalue weighted by Gasteiger charge is 2.55. The number of rotatable bonds is 6. The molecule has 44 heavy (non-hydrogen) atoms. The average molecular weight is 597 g/mol. The molecule has 4 nitrogen and oxygen atoms in total. The van der Waals surface area contributed by atoms with Crippen LogP contribution in [0.1, 0.15) is 88.2 Å². The van der Waals surface area contributed by atoms with E-state index in [9.17, 15) is 0 Å². The van der Waals surface area contributed by atoms with Gasteiger partial charge in [-0.3, -0.25) is 0 Å². The Morgan fingerprint density at radius 1 is 0.477 bits per heavy atom. The van der Waals surface area contributed by atoms with Crippen LogP contribution in [0.4, 0.5) is 20.2 Å². The molecule has 11 rings (SSSR count). The van der Waals surface area contributed by atoms with E-state index in [0.717, 1.165) is 61.2 Å². The highest BCUT2D eigenvalue weighted by atomic mass is 19.1. The maximum atomic E-state index is 15.3. The van der Waals surface area contributed by atoms with Crippen LogP contribution >= 0.6 is 0 Å². The molecule has 3 aromatic carbocycles. The van der Waals surface area contributed by atoms with Crippen molar-refractivity contribution in [3.63, 3.8) is 0 Å². The third kappa shape index (κ3) is 4.34. The minimum Gasteiger partial charge on any atom is -0.454 e. The van der Waals surface area contributed by atoms with Crippen LogP contribution in [0.2, 0.25) is 0 Å². The fourth-order valence-electron chi connectivity index (χ4n) is 11.9. The van der Waals surface area contributed by atoms with Crippen molar-refractivity contribution in [2.24, 2.45) is 35.5 Å². The normalized spacial score (nSPS) is 36.1. The number of nitrogens with two attached hydrogens (primary N) is 2. The fourth-order valence-corrected chi connectivity index (χ4v) is 11.9. The van der Waals surface area contributed by atoms with Crippen molar-refractivity contribution in [2.45, 2.75) is 87.9 Å².